The number of amides is 1. The average Bonchev–Trinajstić information content (AvgIpc) is 3.57. The molecule has 5 rings (SSSR count). The Balaban J connectivity index is 1.62. The average molecular weight is 497 g/mol. The van der Waals surface area contributed by atoms with E-state index in [1.807, 2.05) is 0 Å². The van der Waals surface area contributed by atoms with Crippen LogP contribution in [-0.4, -0.2) is 37.8 Å². The van der Waals surface area contributed by atoms with Crippen LogP contribution in [0.15, 0.2) is 77.6 Å². The van der Waals surface area contributed by atoms with E-state index in [0.717, 1.165) is 18.5 Å². The number of rotatable bonds is 4. The summed E-state index contributed by atoms with van der Waals surface area (Å²) in [5.41, 5.74) is 8.35. The number of benzene rings is 1. The maximum atomic E-state index is 15.6. The van der Waals surface area contributed by atoms with Crippen molar-refractivity contribution in [3.05, 3.63) is 84.0 Å². The molecule has 0 aliphatic carbocycles. The molecule has 0 bridgehead atoms. The topological polar surface area (TPSA) is 93.8 Å². The molecule has 0 saturated carbocycles. The fourth-order valence-corrected chi connectivity index (χ4v) is 4.30. The van der Waals surface area contributed by atoms with Gasteiger partial charge in [-0.25, -0.2) is 9.37 Å². The van der Waals surface area contributed by atoms with E-state index in [9.17, 15) is 18.0 Å². The minimum atomic E-state index is -4.69. The Labute approximate surface area is 202 Å². The van der Waals surface area contributed by atoms with E-state index in [-0.39, 0.29) is 27.1 Å². The second kappa shape index (κ2) is 8.33. The molecular formula is C24H19F4N7O. The minimum absolute atomic E-state index is 0.0683. The summed E-state index contributed by atoms with van der Waals surface area (Å²) in [6, 6.07) is 6.42. The maximum absolute atomic E-state index is 15.6. The predicted octanol–water partition coefficient (Wildman–Crippen LogP) is 4.20. The number of hydrogen-bond acceptors (Lipinski definition) is 5. The molecule has 4 aromatic rings. The normalized spacial score (nSPS) is 17.1. The monoisotopic (exact) mass is 497 g/mol. The van der Waals surface area contributed by atoms with Gasteiger partial charge in [-0.1, -0.05) is 12.1 Å². The third-order valence-corrected chi connectivity index (χ3v) is 6.13. The second-order valence-electron chi connectivity index (χ2n) is 8.17. The van der Waals surface area contributed by atoms with Crippen molar-refractivity contribution in [1.82, 2.24) is 19.2 Å². The molecule has 0 saturated heterocycles. The van der Waals surface area contributed by atoms with Gasteiger partial charge in [0, 0.05) is 60.3 Å². The summed E-state index contributed by atoms with van der Waals surface area (Å²) in [5.74, 6) is -1.25. The van der Waals surface area contributed by atoms with Crippen molar-refractivity contribution in [2.45, 2.75) is 19.3 Å². The van der Waals surface area contributed by atoms with E-state index in [1.165, 1.54) is 24.1 Å². The van der Waals surface area contributed by atoms with Gasteiger partial charge in [0.25, 0.3) is 5.91 Å². The summed E-state index contributed by atoms with van der Waals surface area (Å²) in [7, 11) is 1.54. The van der Waals surface area contributed by atoms with Crippen LogP contribution in [0.3, 0.4) is 0 Å². The van der Waals surface area contributed by atoms with Crippen molar-refractivity contribution in [2.24, 2.45) is 10.7 Å². The van der Waals surface area contributed by atoms with E-state index in [2.05, 4.69) is 15.1 Å². The number of carbonyl (C=O) groups is 1. The number of aliphatic imine (C=N–C) groups is 1. The molecule has 0 spiro atoms. The molecule has 2 N–H and O–H groups in total. The van der Waals surface area contributed by atoms with E-state index >= 15 is 4.39 Å². The van der Waals surface area contributed by atoms with Gasteiger partial charge in [-0.3, -0.25) is 14.7 Å². The molecule has 3 aromatic heterocycles. The minimum Gasteiger partial charge on any atom is -0.394 e. The van der Waals surface area contributed by atoms with Crippen LogP contribution >= 0.6 is 0 Å². The third-order valence-electron chi connectivity index (χ3n) is 6.13. The van der Waals surface area contributed by atoms with Crippen molar-refractivity contribution in [1.29, 1.82) is 0 Å². The highest BCUT2D eigenvalue weighted by molar-refractivity contribution is 6.18. The van der Waals surface area contributed by atoms with Crippen LogP contribution in [0.5, 0.6) is 0 Å². The largest absolute Gasteiger partial charge is 0.504 e. The highest BCUT2D eigenvalue weighted by Gasteiger charge is 2.42. The SMILES string of the molecule is CN=C(C)C1=C(N)C(=O)N(c2ccn3ccnc3c2)C1c1ccc(-c2cnn(C(F)(F)F)c2)cc1F. The first kappa shape index (κ1) is 23.3. The first-order chi connectivity index (χ1) is 17.1. The summed E-state index contributed by atoms with van der Waals surface area (Å²) >= 11 is 0. The zero-order valence-electron chi connectivity index (χ0n) is 19.0. The van der Waals surface area contributed by atoms with Crippen LogP contribution in [0.25, 0.3) is 16.8 Å². The number of imidazole rings is 1. The summed E-state index contributed by atoms with van der Waals surface area (Å²) < 4.78 is 56.0. The first-order valence-corrected chi connectivity index (χ1v) is 10.7. The molecule has 36 heavy (non-hydrogen) atoms. The van der Waals surface area contributed by atoms with Crippen molar-refractivity contribution in [3.8, 4) is 11.1 Å². The predicted molar refractivity (Wildman–Crippen MR) is 125 cm³/mol. The molecular weight excluding hydrogens is 478 g/mol. The Morgan fingerprint density at radius 3 is 2.58 bits per heavy atom. The fraction of sp³-hybridized carbons (Fsp3) is 0.167. The summed E-state index contributed by atoms with van der Waals surface area (Å²) in [4.78, 5) is 23.1. The van der Waals surface area contributed by atoms with E-state index < -0.39 is 24.1 Å². The van der Waals surface area contributed by atoms with Gasteiger partial charge in [0.15, 0.2) is 0 Å². The molecule has 0 radical (unpaired) electrons. The van der Waals surface area contributed by atoms with Crippen LogP contribution in [0.1, 0.15) is 18.5 Å². The number of hydrogen-bond donors (Lipinski definition) is 1. The van der Waals surface area contributed by atoms with E-state index in [1.54, 1.807) is 42.0 Å². The zero-order chi connectivity index (χ0) is 25.8. The van der Waals surface area contributed by atoms with Crippen LogP contribution in [0.4, 0.5) is 23.2 Å². The number of carbonyl (C=O) groups excluding carboxylic acids is 1. The van der Waals surface area contributed by atoms with Crippen LogP contribution < -0.4 is 10.6 Å². The number of fused-ring (bicyclic) bond motifs is 1. The molecule has 1 aromatic carbocycles. The number of halogens is 4. The Bertz CT molecular complexity index is 1560. The third kappa shape index (κ3) is 3.70. The molecule has 1 unspecified atom stereocenters. The van der Waals surface area contributed by atoms with Gasteiger partial charge in [-0.2, -0.15) is 9.78 Å². The van der Waals surface area contributed by atoms with Crippen molar-refractivity contribution in [2.75, 3.05) is 11.9 Å². The molecule has 1 aliphatic heterocycles. The van der Waals surface area contributed by atoms with Gasteiger partial charge in [0.05, 0.1) is 17.9 Å². The van der Waals surface area contributed by atoms with Gasteiger partial charge in [-0.05, 0) is 24.6 Å². The van der Waals surface area contributed by atoms with Gasteiger partial charge < -0.3 is 10.1 Å². The molecule has 1 amide bonds. The van der Waals surface area contributed by atoms with Crippen LogP contribution in [-0.2, 0) is 11.1 Å². The van der Waals surface area contributed by atoms with Crippen LogP contribution in [0, 0.1) is 5.82 Å². The lowest BCUT2D eigenvalue weighted by molar-refractivity contribution is -0.212. The van der Waals surface area contributed by atoms with E-state index in [0.29, 0.717) is 22.6 Å². The molecule has 184 valence electrons. The molecule has 4 heterocycles. The van der Waals surface area contributed by atoms with Crippen molar-refractivity contribution < 1.29 is 22.4 Å². The van der Waals surface area contributed by atoms with Gasteiger partial charge in [-0.15, -0.1) is 13.2 Å². The van der Waals surface area contributed by atoms with Gasteiger partial charge >= 0.3 is 6.30 Å². The number of alkyl halides is 3. The lowest BCUT2D eigenvalue weighted by Gasteiger charge is -2.28. The van der Waals surface area contributed by atoms with Gasteiger partial charge in [0.1, 0.15) is 17.2 Å². The summed E-state index contributed by atoms with van der Waals surface area (Å²) in [6.45, 7) is 1.67. The highest BCUT2D eigenvalue weighted by atomic mass is 19.4. The highest BCUT2D eigenvalue weighted by Crippen LogP contribution is 2.42. The quantitative estimate of drug-likeness (QED) is 0.338. The number of anilines is 1. The molecule has 12 heteroatoms. The fourth-order valence-electron chi connectivity index (χ4n) is 4.30. The van der Waals surface area contributed by atoms with Crippen LogP contribution in [0.2, 0.25) is 0 Å². The van der Waals surface area contributed by atoms with E-state index in [4.69, 9.17) is 5.73 Å². The van der Waals surface area contributed by atoms with Crippen molar-refractivity contribution >= 4 is 23.0 Å². The number of pyridine rings is 1. The van der Waals surface area contributed by atoms with Crippen molar-refractivity contribution in [3.63, 3.8) is 0 Å². The maximum Gasteiger partial charge on any atom is 0.504 e. The Morgan fingerprint density at radius 2 is 1.92 bits per heavy atom. The number of nitrogens with two attached hydrogens (primary N) is 1. The Kier molecular flexibility index (Phi) is 5.38. The van der Waals surface area contributed by atoms with Gasteiger partial charge in [0.2, 0.25) is 0 Å². The lowest BCUT2D eigenvalue weighted by atomic mass is 9.93. The molecule has 1 atom stereocenters. The lowest BCUT2D eigenvalue weighted by Crippen LogP contribution is -2.32. The smallest absolute Gasteiger partial charge is 0.394 e. The standard InChI is InChI=1S/C24H19F4N7O/c1-13(30-2)20-21(29)23(36)35(16-5-7-33-8-6-31-19(33)10-16)22(20)17-4-3-14(9-18(17)25)15-11-32-34(12-15)24(26,27)28/h3-12,22H,29H2,1-2H3. The number of nitrogens with zero attached hydrogens (tertiary/aromatic N) is 6. The Morgan fingerprint density at radius 1 is 1.14 bits per heavy atom. The number of aromatic nitrogens is 4. The summed E-state index contributed by atoms with van der Waals surface area (Å²) in [5, 5.41) is 3.30. The molecule has 0 fully saturated rings. The second-order valence-corrected chi connectivity index (χ2v) is 8.17. The summed E-state index contributed by atoms with van der Waals surface area (Å²) in [6.07, 6.45) is 2.16. The Hall–Kier alpha value is -4.48. The molecule has 8 nitrogen and oxygen atoms in total. The zero-order valence-corrected chi connectivity index (χ0v) is 19.0. The molecule has 1 aliphatic rings. The first-order valence-electron chi connectivity index (χ1n) is 10.7.